The summed E-state index contributed by atoms with van der Waals surface area (Å²) in [5.41, 5.74) is 1.25. The van der Waals surface area contributed by atoms with Crippen molar-refractivity contribution < 1.29 is 18.0 Å². The lowest BCUT2D eigenvalue weighted by Crippen LogP contribution is -2.13. The van der Waals surface area contributed by atoms with E-state index in [4.69, 9.17) is 4.42 Å². The zero-order valence-corrected chi connectivity index (χ0v) is 15.0. The fourth-order valence-electron chi connectivity index (χ4n) is 2.72. The van der Waals surface area contributed by atoms with Crippen molar-refractivity contribution in [1.82, 2.24) is 19.7 Å². The maximum atomic E-state index is 14.2. The first-order valence-electron chi connectivity index (χ1n) is 8.73. The Morgan fingerprint density at radius 1 is 1.14 bits per heavy atom. The number of aryl methyl sites for hydroxylation is 1. The van der Waals surface area contributed by atoms with E-state index in [1.54, 1.807) is 18.2 Å². The quantitative estimate of drug-likeness (QED) is 0.537. The number of carbonyl (C=O) groups is 1. The van der Waals surface area contributed by atoms with E-state index in [0.717, 1.165) is 0 Å². The topological polar surface area (TPSA) is 85.8 Å². The summed E-state index contributed by atoms with van der Waals surface area (Å²) in [6.45, 7) is 0. The second kappa shape index (κ2) is 8.01. The first kappa shape index (κ1) is 18.5. The molecule has 0 unspecified atom stereocenters. The highest BCUT2D eigenvalue weighted by molar-refractivity contribution is 5.90. The summed E-state index contributed by atoms with van der Waals surface area (Å²) in [6.07, 6.45) is 4.59. The van der Waals surface area contributed by atoms with Gasteiger partial charge in [-0.2, -0.15) is 5.10 Å². The number of nitrogens with zero attached hydrogens (tertiary/aromatic N) is 4. The van der Waals surface area contributed by atoms with Gasteiger partial charge in [0, 0.05) is 24.1 Å². The number of benzene rings is 2. The van der Waals surface area contributed by atoms with Crippen LogP contribution < -0.4 is 5.32 Å². The minimum Gasteiger partial charge on any atom is -0.441 e. The summed E-state index contributed by atoms with van der Waals surface area (Å²) in [4.78, 5) is 20.1. The van der Waals surface area contributed by atoms with Gasteiger partial charge in [0.2, 0.25) is 5.91 Å². The largest absolute Gasteiger partial charge is 0.441 e. The molecule has 7 nitrogen and oxygen atoms in total. The van der Waals surface area contributed by atoms with Crippen LogP contribution in [0, 0.1) is 11.6 Å². The molecule has 2 heterocycles. The number of hydrogen-bond acceptors (Lipinski definition) is 5. The first-order chi connectivity index (χ1) is 14.1. The van der Waals surface area contributed by atoms with Gasteiger partial charge in [0.1, 0.15) is 24.2 Å². The monoisotopic (exact) mass is 395 g/mol. The number of halogens is 2. The fraction of sp³-hybridized carbons (Fsp3) is 0.100. The van der Waals surface area contributed by atoms with E-state index in [0.29, 0.717) is 22.9 Å². The number of carbonyl (C=O) groups excluding carboxylic acids is 1. The van der Waals surface area contributed by atoms with Crippen LogP contribution in [-0.2, 0) is 11.2 Å². The zero-order chi connectivity index (χ0) is 20.2. The molecule has 0 spiro atoms. The molecule has 0 aliphatic rings. The number of aromatic nitrogens is 4. The molecule has 0 atom stereocenters. The summed E-state index contributed by atoms with van der Waals surface area (Å²) in [5.74, 6) is -0.307. The SMILES string of the molecule is O=C(CCc1ncc(-c2ccc(F)cc2)o1)Nc1ccc(-n2cncn2)c(F)c1. The number of anilines is 1. The fourth-order valence-corrected chi connectivity index (χ4v) is 2.72. The molecule has 146 valence electrons. The van der Waals surface area contributed by atoms with E-state index in [2.05, 4.69) is 20.4 Å². The van der Waals surface area contributed by atoms with E-state index in [1.165, 1.54) is 47.8 Å². The van der Waals surface area contributed by atoms with Crippen LogP contribution in [0.2, 0.25) is 0 Å². The molecule has 1 N–H and O–H groups in total. The van der Waals surface area contributed by atoms with Gasteiger partial charge < -0.3 is 9.73 Å². The highest BCUT2D eigenvalue weighted by atomic mass is 19.1. The summed E-state index contributed by atoms with van der Waals surface area (Å²) in [5, 5.41) is 6.51. The van der Waals surface area contributed by atoms with Crippen molar-refractivity contribution in [3.8, 4) is 17.0 Å². The summed E-state index contributed by atoms with van der Waals surface area (Å²) < 4.78 is 34.1. The summed E-state index contributed by atoms with van der Waals surface area (Å²) >= 11 is 0. The molecule has 0 saturated heterocycles. The Morgan fingerprint density at radius 3 is 2.69 bits per heavy atom. The number of amides is 1. The predicted octanol–water partition coefficient (Wildman–Crippen LogP) is 3.77. The summed E-state index contributed by atoms with van der Waals surface area (Å²) in [7, 11) is 0. The molecule has 29 heavy (non-hydrogen) atoms. The standard InChI is InChI=1S/C20H15F2N5O2/c21-14-3-1-13(2-4-14)18-10-24-20(29-18)8-7-19(28)26-15-5-6-17(16(22)9-15)27-12-23-11-25-27/h1-6,9-12H,7-8H2,(H,26,28). The molecular weight excluding hydrogens is 380 g/mol. The van der Waals surface area contributed by atoms with Crippen LogP contribution in [0.5, 0.6) is 0 Å². The van der Waals surface area contributed by atoms with Gasteiger partial charge in [-0.05, 0) is 42.5 Å². The molecule has 4 rings (SSSR count). The van der Waals surface area contributed by atoms with Crippen molar-refractivity contribution in [2.24, 2.45) is 0 Å². The molecule has 0 aliphatic carbocycles. The smallest absolute Gasteiger partial charge is 0.224 e. The van der Waals surface area contributed by atoms with Crippen molar-refractivity contribution in [3.63, 3.8) is 0 Å². The normalized spacial score (nSPS) is 10.8. The second-order valence-corrected chi connectivity index (χ2v) is 6.18. The van der Waals surface area contributed by atoms with E-state index in [9.17, 15) is 13.6 Å². The lowest BCUT2D eigenvalue weighted by Gasteiger charge is -2.07. The van der Waals surface area contributed by atoms with Gasteiger partial charge in [0.15, 0.2) is 17.5 Å². The van der Waals surface area contributed by atoms with Crippen molar-refractivity contribution >= 4 is 11.6 Å². The third kappa shape index (κ3) is 4.34. The van der Waals surface area contributed by atoms with Gasteiger partial charge in [-0.15, -0.1) is 0 Å². The maximum Gasteiger partial charge on any atom is 0.224 e. The molecule has 0 fully saturated rings. The molecule has 9 heteroatoms. The minimum absolute atomic E-state index is 0.107. The number of hydrogen-bond donors (Lipinski definition) is 1. The number of rotatable bonds is 6. The first-order valence-corrected chi connectivity index (χ1v) is 8.73. The van der Waals surface area contributed by atoms with Gasteiger partial charge in [0.05, 0.1) is 6.20 Å². The highest BCUT2D eigenvalue weighted by Gasteiger charge is 2.11. The van der Waals surface area contributed by atoms with Crippen molar-refractivity contribution in [1.29, 1.82) is 0 Å². The molecule has 2 aromatic heterocycles. The van der Waals surface area contributed by atoms with Crippen molar-refractivity contribution in [2.75, 3.05) is 5.32 Å². The molecule has 1 amide bonds. The molecule has 0 radical (unpaired) electrons. The van der Waals surface area contributed by atoms with Crippen LogP contribution in [0.25, 0.3) is 17.0 Å². The Bertz CT molecular complexity index is 1120. The molecular formula is C20H15F2N5O2. The van der Waals surface area contributed by atoms with E-state index < -0.39 is 5.82 Å². The Kier molecular flexibility index (Phi) is 5.10. The molecule has 0 bridgehead atoms. The highest BCUT2D eigenvalue weighted by Crippen LogP contribution is 2.21. The van der Waals surface area contributed by atoms with Crippen LogP contribution in [0.15, 0.2) is 65.7 Å². The Balaban J connectivity index is 1.35. The van der Waals surface area contributed by atoms with Gasteiger partial charge >= 0.3 is 0 Å². The van der Waals surface area contributed by atoms with E-state index in [-0.39, 0.29) is 30.3 Å². The Morgan fingerprint density at radius 2 is 1.97 bits per heavy atom. The molecule has 0 saturated carbocycles. The predicted molar refractivity (Wildman–Crippen MR) is 100 cm³/mol. The van der Waals surface area contributed by atoms with Crippen LogP contribution in [0.3, 0.4) is 0 Å². The van der Waals surface area contributed by atoms with Crippen LogP contribution in [0.1, 0.15) is 12.3 Å². The molecule has 0 aliphatic heterocycles. The van der Waals surface area contributed by atoms with Crippen molar-refractivity contribution in [2.45, 2.75) is 12.8 Å². The van der Waals surface area contributed by atoms with Crippen LogP contribution in [-0.4, -0.2) is 25.7 Å². The lowest BCUT2D eigenvalue weighted by atomic mass is 10.2. The van der Waals surface area contributed by atoms with Crippen molar-refractivity contribution in [3.05, 3.63) is 78.8 Å². The molecule has 2 aromatic carbocycles. The second-order valence-electron chi connectivity index (χ2n) is 6.18. The molecule has 4 aromatic rings. The van der Waals surface area contributed by atoms with Crippen LogP contribution in [0.4, 0.5) is 14.5 Å². The van der Waals surface area contributed by atoms with E-state index in [1.807, 2.05) is 0 Å². The van der Waals surface area contributed by atoms with Gasteiger partial charge in [-0.3, -0.25) is 4.79 Å². The van der Waals surface area contributed by atoms with Gasteiger partial charge in [-0.1, -0.05) is 0 Å². The Hall–Kier alpha value is -3.88. The van der Waals surface area contributed by atoms with Gasteiger partial charge in [0.25, 0.3) is 0 Å². The third-order valence-corrected chi connectivity index (χ3v) is 4.15. The summed E-state index contributed by atoms with van der Waals surface area (Å²) in [6, 6.07) is 10.1. The third-order valence-electron chi connectivity index (χ3n) is 4.15. The average molecular weight is 395 g/mol. The minimum atomic E-state index is -0.537. The van der Waals surface area contributed by atoms with Crippen LogP contribution >= 0.6 is 0 Å². The number of oxazole rings is 1. The maximum absolute atomic E-state index is 14.2. The zero-order valence-electron chi connectivity index (χ0n) is 15.0. The average Bonchev–Trinajstić information content (AvgIpc) is 3.39. The van der Waals surface area contributed by atoms with E-state index >= 15 is 0 Å². The Labute approximate surface area is 164 Å². The number of nitrogens with one attached hydrogen (secondary N) is 1. The van der Waals surface area contributed by atoms with Gasteiger partial charge in [-0.25, -0.2) is 23.4 Å². The lowest BCUT2D eigenvalue weighted by molar-refractivity contribution is -0.116.